The van der Waals surface area contributed by atoms with Gasteiger partial charge < -0.3 is 48.9 Å². The zero-order chi connectivity index (χ0) is 24.1. The molecule has 11 heteroatoms. The van der Waals surface area contributed by atoms with E-state index in [2.05, 4.69) is 0 Å². The number of aliphatic hydroxyl groups is 5. The van der Waals surface area contributed by atoms with E-state index in [1.807, 2.05) is 0 Å². The zero-order valence-electron chi connectivity index (χ0n) is 18.4. The first-order valence-electron chi connectivity index (χ1n) is 10.5. The number of benzene rings is 1. The molecule has 0 aliphatic carbocycles. The monoisotopic (exact) mass is 468 g/mol. The third-order valence-corrected chi connectivity index (χ3v) is 6.15. The third kappa shape index (κ3) is 4.10. The van der Waals surface area contributed by atoms with E-state index in [0.717, 1.165) is 0 Å². The van der Waals surface area contributed by atoms with Crippen LogP contribution in [-0.2, 0) is 22.5 Å². The van der Waals surface area contributed by atoms with Gasteiger partial charge in [0.2, 0.25) is 0 Å². The molecular formula is C22H28O11. The largest absolute Gasteiger partial charge is 0.495 e. The van der Waals surface area contributed by atoms with Crippen molar-refractivity contribution in [2.45, 2.75) is 69.3 Å². The lowest BCUT2D eigenvalue weighted by Gasteiger charge is -2.43. The Labute approximate surface area is 188 Å². The number of fused-ring (bicyclic) bond motifs is 2. The average molecular weight is 468 g/mol. The fourth-order valence-corrected chi connectivity index (χ4v) is 4.27. The van der Waals surface area contributed by atoms with Gasteiger partial charge in [0.1, 0.15) is 71.0 Å². The van der Waals surface area contributed by atoms with Crippen LogP contribution in [-0.4, -0.2) is 81.7 Å². The summed E-state index contributed by atoms with van der Waals surface area (Å²) in [5.74, 6) is 0.815. The Morgan fingerprint density at radius 3 is 2.48 bits per heavy atom. The van der Waals surface area contributed by atoms with Crippen LogP contribution in [0.15, 0.2) is 21.3 Å². The first-order valence-corrected chi connectivity index (χ1v) is 10.5. The predicted molar refractivity (Wildman–Crippen MR) is 112 cm³/mol. The molecule has 0 saturated carbocycles. The number of hydrogen-bond acceptors (Lipinski definition) is 11. The molecule has 0 unspecified atom stereocenters. The Balaban J connectivity index is 1.63. The third-order valence-electron chi connectivity index (χ3n) is 6.15. The van der Waals surface area contributed by atoms with Crippen LogP contribution in [0.2, 0.25) is 0 Å². The summed E-state index contributed by atoms with van der Waals surface area (Å²) in [5.41, 5.74) is -0.613. The molecule has 2 aliphatic heterocycles. The fourth-order valence-electron chi connectivity index (χ4n) is 4.27. The molecule has 2 aromatic rings. The van der Waals surface area contributed by atoms with E-state index in [1.165, 1.54) is 13.2 Å². The van der Waals surface area contributed by atoms with Crippen LogP contribution in [0.5, 0.6) is 11.5 Å². The maximum Gasteiger partial charge on any atom is 0.196 e. The lowest BCUT2D eigenvalue weighted by Crippen LogP contribution is -2.61. The van der Waals surface area contributed by atoms with Crippen LogP contribution < -0.4 is 14.9 Å². The van der Waals surface area contributed by atoms with Gasteiger partial charge in [-0.2, -0.15) is 0 Å². The molecule has 0 spiro atoms. The Hall–Kier alpha value is -2.25. The number of methoxy groups -OCH3 is 1. The second-order valence-electron chi connectivity index (χ2n) is 8.72. The molecule has 0 amide bonds. The molecule has 11 nitrogen and oxygen atoms in total. The molecule has 182 valence electrons. The highest BCUT2D eigenvalue weighted by molar-refractivity contribution is 5.87. The van der Waals surface area contributed by atoms with Crippen LogP contribution >= 0.6 is 0 Å². The second kappa shape index (κ2) is 8.84. The quantitative estimate of drug-likeness (QED) is 0.360. The van der Waals surface area contributed by atoms with Crippen LogP contribution in [0.25, 0.3) is 11.0 Å². The van der Waals surface area contributed by atoms with Crippen molar-refractivity contribution < 1.29 is 48.9 Å². The Kier molecular flexibility index (Phi) is 6.40. The molecular weight excluding hydrogens is 440 g/mol. The summed E-state index contributed by atoms with van der Waals surface area (Å²) < 4.78 is 28.6. The minimum atomic E-state index is -1.57. The summed E-state index contributed by atoms with van der Waals surface area (Å²) in [7, 11) is 1.43. The minimum Gasteiger partial charge on any atom is -0.495 e. The van der Waals surface area contributed by atoms with Gasteiger partial charge in [0, 0.05) is 24.1 Å². The highest BCUT2D eigenvalue weighted by atomic mass is 16.7. The van der Waals surface area contributed by atoms with Crippen molar-refractivity contribution in [1.82, 2.24) is 0 Å². The van der Waals surface area contributed by atoms with Crippen molar-refractivity contribution in [1.29, 1.82) is 0 Å². The minimum absolute atomic E-state index is 0.107. The maximum absolute atomic E-state index is 12.6. The number of rotatable bonds is 6. The fraction of sp³-hybridized carbons (Fsp3) is 0.591. The standard InChI is InChI=1S/C22H28O11/c1-22(2,33-21-19(28)18(27)17(26)14(8-24)32-21)15-5-10-12(31-15)6-13-16(20(10)29-3)11(25)4-9(7-23)30-13/h4,6,14-15,17-19,21,23-24,26-28H,5,7-8H2,1-3H3/t14-,15+,17-,18+,19-,21+/m1/s1. The molecule has 33 heavy (non-hydrogen) atoms. The highest BCUT2D eigenvalue weighted by Crippen LogP contribution is 2.44. The van der Waals surface area contributed by atoms with Crippen LogP contribution in [0, 0.1) is 0 Å². The van der Waals surface area contributed by atoms with Gasteiger partial charge in [0.15, 0.2) is 11.7 Å². The molecule has 2 aliphatic rings. The molecule has 0 radical (unpaired) electrons. The molecule has 1 aromatic carbocycles. The van der Waals surface area contributed by atoms with Gasteiger partial charge in [-0.25, -0.2) is 0 Å². The topological polar surface area (TPSA) is 168 Å². The number of aliphatic hydroxyl groups excluding tert-OH is 5. The number of ether oxygens (including phenoxy) is 4. The van der Waals surface area contributed by atoms with Crippen molar-refractivity contribution in [3.63, 3.8) is 0 Å². The van der Waals surface area contributed by atoms with E-state index >= 15 is 0 Å². The summed E-state index contributed by atoms with van der Waals surface area (Å²) in [4.78, 5) is 12.6. The van der Waals surface area contributed by atoms with Gasteiger partial charge in [0.05, 0.1) is 13.7 Å². The summed E-state index contributed by atoms with van der Waals surface area (Å²) in [6.07, 6.45) is -7.37. The zero-order valence-corrected chi connectivity index (χ0v) is 18.4. The van der Waals surface area contributed by atoms with Crippen molar-refractivity contribution in [3.05, 3.63) is 33.7 Å². The van der Waals surface area contributed by atoms with E-state index in [9.17, 15) is 30.3 Å². The van der Waals surface area contributed by atoms with E-state index in [0.29, 0.717) is 23.5 Å². The van der Waals surface area contributed by atoms with E-state index in [1.54, 1.807) is 19.9 Å². The normalized spacial score (nSPS) is 29.7. The second-order valence-corrected chi connectivity index (χ2v) is 8.72. The molecule has 1 aromatic heterocycles. The molecule has 5 N–H and O–H groups in total. The van der Waals surface area contributed by atoms with Crippen molar-refractivity contribution in [2.24, 2.45) is 0 Å². The van der Waals surface area contributed by atoms with Crippen LogP contribution in [0.4, 0.5) is 0 Å². The van der Waals surface area contributed by atoms with Gasteiger partial charge in [-0.1, -0.05) is 0 Å². The van der Waals surface area contributed by atoms with Crippen molar-refractivity contribution in [2.75, 3.05) is 13.7 Å². The SMILES string of the molecule is COc1c2c(cc3oc(CO)cc(=O)c13)O[C@H](C(C)(C)O[C@@H]1O[C@H](CO)[C@@H](O)[C@H](O)[C@H]1O)C2. The lowest BCUT2D eigenvalue weighted by molar-refractivity contribution is -0.329. The van der Waals surface area contributed by atoms with Crippen molar-refractivity contribution in [3.8, 4) is 11.5 Å². The molecule has 0 bridgehead atoms. The Morgan fingerprint density at radius 2 is 1.85 bits per heavy atom. The van der Waals surface area contributed by atoms with Crippen LogP contribution in [0.3, 0.4) is 0 Å². The molecule has 1 fully saturated rings. The molecule has 4 rings (SSSR count). The van der Waals surface area contributed by atoms with Gasteiger partial charge in [0.25, 0.3) is 0 Å². The average Bonchev–Trinajstić information content (AvgIpc) is 3.22. The molecule has 1 saturated heterocycles. The maximum atomic E-state index is 12.6. The summed E-state index contributed by atoms with van der Waals surface area (Å²) in [6, 6.07) is 2.76. The smallest absolute Gasteiger partial charge is 0.196 e. The highest BCUT2D eigenvalue weighted by Gasteiger charge is 2.48. The van der Waals surface area contributed by atoms with E-state index in [-0.39, 0.29) is 22.2 Å². The molecule has 3 heterocycles. The van der Waals surface area contributed by atoms with Gasteiger partial charge in [-0.05, 0) is 13.8 Å². The van der Waals surface area contributed by atoms with E-state index in [4.69, 9.17) is 23.4 Å². The molecule has 6 atom stereocenters. The first-order chi connectivity index (χ1) is 15.6. The van der Waals surface area contributed by atoms with E-state index < -0.39 is 55.6 Å². The van der Waals surface area contributed by atoms with Gasteiger partial charge in [-0.15, -0.1) is 0 Å². The Bertz CT molecular complexity index is 1080. The predicted octanol–water partition coefficient (Wildman–Crippen LogP) is -0.808. The lowest BCUT2D eigenvalue weighted by atomic mass is 9.94. The van der Waals surface area contributed by atoms with Crippen LogP contribution in [0.1, 0.15) is 25.2 Å². The summed E-state index contributed by atoms with van der Waals surface area (Å²) >= 11 is 0. The first kappa shape index (κ1) is 23.9. The summed E-state index contributed by atoms with van der Waals surface area (Å²) in [6.45, 7) is 2.39. The van der Waals surface area contributed by atoms with Gasteiger partial charge >= 0.3 is 0 Å². The number of hydrogen-bond donors (Lipinski definition) is 5. The Morgan fingerprint density at radius 1 is 1.12 bits per heavy atom. The van der Waals surface area contributed by atoms with Crippen molar-refractivity contribution >= 4 is 11.0 Å². The van der Waals surface area contributed by atoms with Gasteiger partial charge in [-0.3, -0.25) is 4.79 Å². The summed E-state index contributed by atoms with van der Waals surface area (Å²) in [5, 5.41) is 49.3.